The van der Waals surface area contributed by atoms with Gasteiger partial charge in [-0.2, -0.15) is 5.10 Å². The summed E-state index contributed by atoms with van der Waals surface area (Å²) in [6.45, 7) is 3.78. The zero-order valence-electron chi connectivity index (χ0n) is 12.6. The Morgan fingerprint density at radius 3 is 2.52 bits per heavy atom. The quantitative estimate of drug-likeness (QED) is 0.849. The number of nitrogens with zero attached hydrogens (tertiary/aromatic N) is 4. The molecule has 0 radical (unpaired) electrons. The molecule has 2 aliphatic rings. The van der Waals surface area contributed by atoms with Crippen LogP contribution in [0, 0.1) is 0 Å². The molecule has 2 aromatic rings. The lowest BCUT2D eigenvalue weighted by Gasteiger charge is -2.47. The summed E-state index contributed by atoms with van der Waals surface area (Å²) in [4.78, 5) is 7.33. The van der Waals surface area contributed by atoms with Gasteiger partial charge in [0.1, 0.15) is 0 Å². The molecule has 0 spiro atoms. The summed E-state index contributed by atoms with van der Waals surface area (Å²) < 4.78 is 1.82. The van der Waals surface area contributed by atoms with Crippen LogP contribution in [0.15, 0.2) is 30.7 Å². The molecular weight excluding hydrogens is 260 g/mol. The summed E-state index contributed by atoms with van der Waals surface area (Å²) in [6, 6.07) is 4.46. The van der Waals surface area contributed by atoms with Gasteiger partial charge in [0.25, 0.3) is 0 Å². The fourth-order valence-electron chi connectivity index (χ4n) is 4.07. The predicted octanol–water partition coefficient (Wildman–Crippen LogP) is 2.61. The van der Waals surface area contributed by atoms with Gasteiger partial charge in [-0.1, -0.05) is 6.07 Å². The Morgan fingerprint density at radius 2 is 1.90 bits per heavy atom. The van der Waals surface area contributed by atoms with Crippen LogP contribution in [0.4, 0.5) is 0 Å². The molecule has 0 atom stereocenters. The number of fused-ring (bicyclic) bond motifs is 2. The Bertz CT molecular complexity index is 618. The van der Waals surface area contributed by atoms with Crippen molar-refractivity contribution in [1.82, 2.24) is 19.7 Å². The van der Waals surface area contributed by atoms with E-state index in [1.165, 1.54) is 50.9 Å². The minimum atomic E-state index is 0.358. The average Bonchev–Trinajstić information content (AvgIpc) is 2.94. The Labute approximate surface area is 125 Å². The zero-order chi connectivity index (χ0) is 14.3. The van der Waals surface area contributed by atoms with Gasteiger partial charge in [-0.05, 0) is 50.4 Å². The number of aromatic nitrogens is 3. The molecule has 2 bridgehead atoms. The van der Waals surface area contributed by atoms with Crippen LogP contribution in [-0.2, 0) is 12.5 Å². The highest BCUT2D eigenvalue weighted by Crippen LogP contribution is 2.41. The smallest absolute Gasteiger partial charge is 0.0733 e. The molecule has 2 saturated heterocycles. The molecule has 21 heavy (non-hydrogen) atoms. The molecule has 0 amide bonds. The van der Waals surface area contributed by atoms with E-state index in [2.05, 4.69) is 28.3 Å². The fraction of sp³-hybridized carbons (Fsp3) is 0.529. The summed E-state index contributed by atoms with van der Waals surface area (Å²) in [5.41, 5.74) is 3.90. The maximum atomic E-state index is 4.71. The Morgan fingerprint density at radius 1 is 1.10 bits per heavy atom. The van der Waals surface area contributed by atoms with Gasteiger partial charge in [0.2, 0.25) is 0 Å². The molecule has 0 saturated carbocycles. The van der Waals surface area contributed by atoms with Gasteiger partial charge in [-0.25, -0.2) is 0 Å². The van der Waals surface area contributed by atoms with E-state index in [0.717, 1.165) is 11.3 Å². The van der Waals surface area contributed by atoms with Crippen molar-refractivity contribution < 1.29 is 0 Å². The zero-order valence-corrected chi connectivity index (χ0v) is 12.6. The summed E-state index contributed by atoms with van der Waals surface area (Å²) >= 11 is 0. The van der Waals surface area contributed by atoms with Crippen LogP contribution >= 0.6 is 0 Å². The van der Waals surface area contributed by atoms with Gasteiger partial charge in [-0.3, -0.25) is 9.67 Å². The highest BCUT2D eigenvalue weighted by Gasteiger charge is 2.39. The van der Waals surface area contributed by atoms with Gasteiger partial charge in [0, 0.05) is 37.0 Å². The lowest BCUT2D eigenvalue weighted by molar-refractivity contribution is 0.0941. The van der Waals surface area contributed by atoms with Crippen molar-refractivity contribution in [2.24, 2.45) is 7.05 Å². The predicted molar refractivity (Wildman–Crippen MR) is 83.0 cm³/mol. The van der Waals surface area contributed by atoms with Crippen molar-refractivity contribution in [2.45, 2.75) is 31.1 Å². The maximum absolute atomic E-state index is 4.71. The topological polar surface area (TPSA) is 34.0 Å². The van der Waals surface area contributed by atoms with Crippen LogP contribution in [0.3, 0.4) is 0 Å². The van der Waals surface area contributed by atoms with E-state index in [-0.39, 0.29) is 0 Å². The van der Waals surface area contributed by atoms with Crippen LogP contribution in [0.2, 0.25) is 0 Å². The van der Waals surface area contributed by atoms with Crippen molar-refractivity contribution in [2.75, 3.05) is 19.6 Å². The first-order valence-corrected chi connectivity index (χ1v) is 7.93. The molecule has 4 rings (SSSR count). The highest BCUT2D eigenvalue weighted by molar-refractivity contribution is 5.57. The number of rotatable bonds is 2. The lowest BCUT2D eigenvalue weighted by Crippen LogP contribution is -2.50. The van der Waals surface area contributed by atoms with Crippen molar-refractivity contribution in [3.8, 4) is 11.3 Å². The van der Waals surface area contributed by atoms with Gasteiger partial charge in [0.05, 0.1) is 11.9 Å². The van der Waals surface area contributed by atoms with E-state index < -0.39 is 0 Å². The number of hydrogen-bond acceptors (Lipinski definition) is 3. The van der Waals surface area contributed by atoms with E-state index in [9.17, 15) is 0 Å². The number of hydrogen-bond donors (Lipinski definition) is 0. The molecule has 4 heteroatoms. The minimum Gasteiger partial charge on any atom is -0.302 e. The van der Waals surface area contributed by atoms with E-state index in [1.807, 2.05) is 24.1 Å². The average molecular weight is 282 g/mol. The molecule has 2 fully saturated rings. The monoisotopic (exact) mass is 282 g/mol. The van der Waals surface area contributed by atoms with Crippen LogP contribution in [0.5, 0.6) is 0 Å². The largest absolute Gasteiger partial charge is 0.302 e. The summed E-state index contributed by atoms with van der Waals surface area (Å²) in [5, 5.41) is 4.22. The molecule has 0 unspecified atom stereocenters. The molecule has 2 aliphatic heterocycles. The Balaban J connectivity index is 1.64. The standard InChI is InChI=1S/C17H22N4/c1-20-12-14(10-19-20)16-5-4-15(11-18-16)17-6-2-8-21(13-17)9-3-7-17/h4-5,10-12H,2-3,6-9,13H2,1H3. The van der Waals surface area contributed by atoms with Gasteiger partial charge < -0.3 is 4.90 Å². The third kappa shape index (κ3) is 2.27. The van der Waals surface area contributed by atoms with Crippen molar-refractivity contribution in [1.29, 1.82) is 0 Å². The van der Waals surface area contributed by atoms with Crippen LogP contribution < -0.4 is 0 Å². The molecule has 0 aromatic carbocycles. The number of pyridine rings is 1. The summed E-state index contributed by atoms with van der Waals surface area (Å²) in [7, 11) is 1.94. The minimum absolute atomic E-state index is 0.358. The first-order valence-electron chi connectivity index (χ1n) is 7.93. The SMILES string of the molecule is Cn1cc(-c2ccc(C34CCCN(CCC3)C4)cn2)cn1. The lowest BCUT2D eigenvalue weighted by atomic mass is 9.69. The Kier molecular flexibility index (Phi) is 3.07. The second-order valence-electron chi connectivity index (χ2n) is 6.60. The Hall–Kier alpha value is -1.68. The second kappa shape index (κ2) is 4.95. The third-order valence-corrected chi connectivity index (χ3v) is 5.16. The van der Waals surface area contributed by atoms with E-state index in [4.69, 9.17) is 4.98 Å². The summed E-state index contributed by atoms with van der Waals surface area (Å²) in [6.07, 6.45) is 11.3. The van der Waals surface area contributed by atoms with E-state index >= 15 is 0 Å². The van der Waals surface area contributed by atoms with Crippen molar-refractivity contribution in [3.63, 3.8) is 0 Å². The van der Waals surface area contributed by atoms with Crippen LogP contribution in [-0.4, -0.2) is 39.3 Å². The molecular formula is C17H22N4. The fourth-order valence-corrected chi connectivity index (χ4v) is 4.07. The summed E-state index contributed by atoms with van der Waals surface area (Å²) in [5.74, 6) is 0. The van der Waals surface area contributed by atoms with Crippen molar-refractivity contribution in [3.05, 3.63) is 36.3 Å². The second-order valence-corrected chi connectivity index (χ2v) is 6.60. The normalized spacial score (nSPS) is 28.5. The number of aryl methyl sites for hydroxylation is 1. The van der Waals surface area contributed by atoms with Crippen molar-refractivity contribution >= 4 is 0 Å². The van der Waals surface area contributed by atoms with Crippen LogP contribution in [0.1, 0.15) is 31.2 Å². The van der Waals surface area contributed by atoms with Gasteiger partial charge >= 0.3 is 0 Å². The van der Waals surface area contributed by atoms with Crippen LogP contribution in [0.25, 0.3) is 11.3 Å². The first-order chi connectivity index (χ1) is 10.3. The first kappa shape index (κ1) is 13.0. The maximum Gasteiger partial charge on any atom is 0.0733 e. The molecule has 0 aliphatic carbocycles. The highest BCUT2D eigenvalue weighted by atomic mass is 15.2. The van der Waals surface area contributed by atoms with E-state index in [1.54, 1.807) is 0 Å². The molecule has 0 N–H and O–H groups in total. The molecule has 4 nitrogen and oxygen atoms in total. The van der Waals surface area contributed by atoms with E-state index in [0.29, 0.717) is 5.41 Å². The molecule has 2 aromatic heterocycles. The molecule has 4 heterocycles. The third-order valence-electron chi connectivity index (χ3n) is 5.16. The van der Waals surface area contributed by atoms with Gasteiger partial charge in [0.15, 0.2) is 0 Å². The van der Waals surface area contributed by atoms with Gasteiger partial charge in [-0.15, -0.1) is 0 Å². The molecule has 110 valence electrons. The number of piperidine rings is 2.